The molecule has 0 radical (unpaired) electrons. The first kappa shape index (κ1) is 20.4. The van der Waals surface area contributed by atoms with Gasteiger partial charge < -0.3 is 15.3 Å². The van der Waals surface area contributed by atoms with Gasteiger partial charge in [-0.05, 0) is 24.5 Å². The van der Waals surface area contributed by atoms with Crippen molar-refractivity contribution in [1.29, 1.82) is 0 Å². The number of likely N-dealkylation sites (N-methyl/N-ethyl adjacent to an activating group) is 1. The minimum Gasteiger partial charge on any atom is -0.392 e. The number of β-amino-alcohol motifs (C(OH)–C–C–N with tert-alkyl or cyclic N) is 1. The second-order valence-electron chi connectivity index (χ2n) is 7.43. The summed E-state index contributed by atoms with van der Waals surface area (Å²) in [6, 6.07) is 9.33. The maximum Gasteiger partial charge on any atom is 0.224 e. The third-order valence-corrected chi connectivity index (χ3v) is 4.98. The summed E-state index contributed by atoms with van der Waals surface area (Å²) in [4.78, 5) is 28.6. The van der Waals surface area contributed by atoms with E-state index in [4.69, 9.17) is 0 Å². The van der Waals surface area contributed by atoms with E-state index in [1.165, 1.54) is 0 Å². The lowest BCUT2D eigenvalue weighted by Gasteiger charge is -2.34. The molecule has 0 bridgehead atoms. The van der Waals surface area contributed by atoms with Gasteiger partial charge in [0.2, 0.25) is 11.8 Å². The molecule has 6 nitrogen and oxygen atoms in total. The number of hydrogen-bond donors (Lipinski definition) is 2. The Bertz CT molecular complexity index is 591. The van der Waals surface area contributed by atoms with Crippen LogP contribution in [0.2, 0.25) is 0 Å². The maximum absolute atomic E-state index is 12.6. The van der Waals surface area contributed by atoms with E-state index >= 15 is 0 Å². The van der Waals surface area contributed by atoms with E-state index in [-0.39, 0.29) is 36.8 Å². The Labute approximate surface area is 156 Å². The molecule has 1 aromatic carbocycles. The number of rotatable bonds is 8. The van der Waals surface area contributed by atoms with Gasteiger partial charge in [0.05, 0.1) is 6.10 Å². The molecule has 0 aliphatic carbocycles. The molecule has 2 rings (SSSR count). The van der Waals surface area contributed by atoms with Gasteiger partial charge in [-0.15, -0.1) is 0 Å². The number of carbonyl (C=O) groups is 2. The Hall–Kier alpha value is -1.92. The quantitative estimate of drug-likeness (QED) is 0.742. The van der Waals surface area contributed by atoms with Gasteiger partial charge in [0.15, 0.2) is 0 Å². The van der Waals surface area contributed by atoms with E-state index in [0.717, 1.165) is 25.2 Å². The van der Waals surface area contributed by atoms with Crippen LogP contribution < -0.4 is 5.32 Å². The number of para-hydroxylation sites is 1. The summed E-state index contributed by atoms with van der Waals surface area (Å²) in [5.41, 5.74) is 0.742. The SMILES string of the molecule is CC(C)[C@@H](CN1CC[C@H](O)C1)N(C)C(=O)CCC(=O)Nc1ccccc1. The number of aliphatic hydroxyl groups excluding tert-OH is 1. The molecular formula is C20H31N3O3. The normalized spacial score (nSPS) is 18.7. The second kappa shape index (κ2) is 9.69. The van der Waals surface area contributed by atoms with Crippen LogP contribution in [0.25, 0.3) is 0 Å². The van der Waals surface area contributed by atoms with Gasteiger partial charge in [-0.1, -0.05) is 32.0 Å². The van der Waals surface area contributed by atoms with E-state index in [0.29, 0.717) is 12.5 Å². The summed E-state index contributed by atoms with van der Waals surface area (Å²) in [6.07, 6.45) is 0.902. The number of likely N-dealkylation sites (tertiary alicyclic amines) is 1. The fourth-order valence-corrected chi connectivity index (χ4v) is 3.35. The fraction of sp³-hybridized carbons (Fsp3) is 0.600. The van der Waals surface area contributed by atoms with Crippen molar-refractivity contribution >= 4 is 17.5 Å². The molecule has 0 spiro atoms. The monoisotopic (exact) mass is 361 g/mol. The van der Waals surface area contributed by atoms with Gasteiger partial charge in [0.25, 0.3) is 0 Å². The summed E-state index contributed by atoms with van der Waals surface area (Å²) in [5, 5.41) is 12.5. The number of hydrogen-bond acceptors (Lipinski definition) is 4. The van der Waals surface area contributed by atoms with Crippen molar-refractivity contribution in [2.24, 2.45) is 5.92 Å². The predicted molar refractivity (Wildman–Crippen MR) is 103 cm³/mol. The van der Waals surface area contributed by atoms with Crippen LogP contribution in [-0.2, 0) is 9.59 Å². The summed E-state index contributed by atoms with van der Waals surface area (Å²) in [6.45, 7) is 6.50. The Morgan fingerprint density at radius 2 is 1.96 bits per heavy atom. The molecule has 2 amide bonds. The Morgan fingerprint density at radius 3 is 2.54 bits per heavy atom. The van der Waals surface area contributed by atoms with E-state index in [9.17, 15) is 14.7 Å². The maximum atomic E-state index is 12.6. The van der Waals surface area contributed by atoms with Crippen LogP contribution in [-0.4, -0.2) is 65.5 Å². The number of carbonyl (C=O) groups excluding carboxylic acids is 2. The molecule has 1 aliphatic heterocycles. The van der Waals surface area contributed by atoms with Crippen LogP contribution in [0, 0.1) is 5.92 Å². The van der Waals surface area contributed by atoms with E-state index in [1.807, 2.05) is 37.4 Å². The zero-order valence-electron chi connectivity index (χ0n) is 16.0. The zero-order chi connectivity index (χ0) is 19.1. The molecule has 0 saturated carbocycles. The Kier molecular flexibility index (Phi) is 7.60. The van der Waals surface area contributed by atoms with Crippen LogP contribution in [0.3, 0.4) is 0 Å². The summed E-state index contributed by atoms with van der Waals surface area (Å²) < 4.78 is 0. The van der Waals surface area contributed by atoms with Crippen molar-refractivity contribution in [1.82, 2.24) is 9.80 Å². The molecule has 1 heterocycles. The highest BCUT2D eigenvalue weighted by molar-refractivity contribution is 5.93. The van der Waals surface area contributed by atoms with Crippen molar-refractivity contribution in [3.8, 4) is 0 Å². The molecule has 1 fully saturated rings. The van der Waals surface area contributed by atoms with Crippen LogP contribution >= 0.6 is 0 Å². The number of anilines is 1. The topological polar surface area (TPSA) is 72.9 Å². The minimum absolute atomic E-state index is 0.0216. The molecule has 6 heteroatoms. The van der Waals surface area contributed by atoms with Crippen LogP contribution in [0.5, 0.6) is 0 Å². The van der Waals surface area contributed by atoms with Gasteiger partial charge >= 0.3 is 0 Å². The molecule has 1 saturated heterocycles. The van der Waals surface area contributed by atoms with Gasteiger partial charge in [-0.2, -0.15) is 0 Å². The lowest BCUT2D eigenvalue weighted by Crippen LogP contribution is -2.47. The van der Waals surface area contributed by atoms with Crippen molar-refractivity contribution in [2.75, 3.05) is 32.0 Å². The van der Waals surface area contributed by atoms with Crippen molar-refractivity contribution in [2.45, 2.75) is 45.3 Å². The summed E-state index contributed by atoms with van der Waals surface area (Å²) >= 11 is 0. The number of amides is 2. The van der Waals surface area contributed by atoms with Crippen LogP contribution in [0.15, 0.2) is 30.3 Å². The first-order chi connectivity index (χ1) is 12.4. The molecule has 2 N–H and O–H groups in total. The van der Waals surface area contributed by atoms with E-state index in [1.54, 1.807) is 4.90 Å². The van der Waals surface area contributed by atoms with Crippen LogP contribution in [0.4, 0.5) is 5.69 Å². The summed E-state index contributed by atoms with van der Waals surface area (Å²) in [5.74, 6) is 0.133. The molecule has 1 aromatic rings. The van der Waals surface area contributed by atoms with Crippen molar-refractivity contribution < 1.29 is 14.7 Å². The number of aliphatic hydroxyl groups is 1. The average molecular weight is 361 g/mol. The Balaban J connectivity index is 1.82. The number of nitrogens with one attached hydrogen (secondary N) is 1. The zero-order valence-corrected chi connectivity index (χ0v) is 16.0. The molecule has 0 unspecified atom stereocenters. The molecule has 0 aromatic heterocycles. The van der Waals surface area contributed by atoms with Crippen molar-refractivity contribution in [3.63, 3.8) is 0 Å². The minimum atomic E-state index is -0.259. The predicted octanol–water partition coefficient (Wildman–Crippen LogP) is 1.95. The van der Waals surface area contributed by atoms with E-state index in [2.05, 4.69) is 24.1 Å². The smallest absolute Gasteiger partial charge is 0.224 e. The van der Waals surface area contributed by atoms with E-state index < -0.39 is 0 Å². The van der Waals surface area contributed by atoms with Gasteiger partial charge in [-0.25, -0.2) is 0 Å². The molecule has 1 aliphatic rings. The third kappa shape index (κ3) is 6.11. The second-order valence-corrected chi connectivity index (χ2v) is 7.43. The highest BCUT2D eigenvalue weighted by Gasteiger charge is 2.28. The first-order valence-corrected chi connectivity index (χ1v) is 9.37. The average Bonchev–Trinajstić information content (AvgIpc) is 3.02. The highest BCUT2D eigenvalue weighted by Crippen LogP contribution is 2.17. The van der Waals surface area contributed by atoms with Gasteiger partial charge in [0, 0.05) is 51.3 Å². The number of benzene rings is 1. The standard InChI is InChI=1S/C20H31N3O3/c1-15(2)18(14-23-12-11-17(24)13-23)22(3)20(26)10-9-19(25)21-16-7-5-4-6-8-16/h4-8,15,17-18,24H,9-14H2,1-3H3,(H,21,25)/t17-,18+/m0/s1. The lowest BCUT2D eigenvalue weighted by molar-refractivity contribution is -0.134. The van der Waals surface area contributed by atoms with Gasteiger partial charge in [0.1, 0.15) is 0 Å². The fourth-order valence-electron chi connectivity index (χ4n) is 3.35. The van der Waals surface area contributed by atoms with Gasteiger partial charge in [-0.3, -0.25) is 14.5 Å². The highest BCUT2D eigenvalue weighted by atomic mass is 16.3. The molecule has 2 atom stereocenters. The lowest BCUT2D eigenvalue weighted by atomic mass is 10.0. The molecular weight excluding hydrogens is 330 g/mol. The van der Waals surface area contributed by atoms with Crippen molar-refractivity contribution in [3.05, 3.63) is 30.3 Å². The first-order valence-electron chi connectivity index (χ1n) is 9.37. The van der Waals surface area contributed by atoms with Crippen LogP contribution in [0.1, 0.15) is 33.1 Å². The Morgan fingerprint density at radius 1 is 1.27 bits per heavy atom. The molecule has 144 valence electrons. The third-order valence-electron chi connectivity index (χ3n) is 4.98. The molecule has 26 heavy (non-hydrogen) atoms. The largest absolute Gasteiger partial charge is 0.392 e. The summed E-state index contributed by atoms with van der Waals surface area (Å²) in [7, 11) is 1.81. The number of nitrogens with zero attached hydrogens (tertiary/aromatic N) is 2.